The molecule has 4 heteroatoms. The average Bonchev–Trinajstić information content (AvgIpc) is 3.02. The summed E-state index contributed by atoms with van der Waals surface area (Å²) in [5.41, 5.74) is 3.80. The van der Waals surface area contributed by atoms with Gasteiger partial charge in [0.15, 0.2) is 0 Å². The van der Waals surface area contributed by atoms with Crippen LogP contribution in [0.1, 0.15) is 50.7 Å². The molecule has 0 radical (unpaired) electrons. The molecule has 1 aromatic heterocycles. The standard InChI is InChI=1S/C24H25NO2S/c1-16(2)18-11-13-23-22(14-18)21-12-10-19(17(3)4)15-24(21)25(23)28(26,27)20-8-6-5-7-9-20/h5-17H,1-4H3. The Labute approximate surface area is 166 Å². The topological polar surface area (TPSA) is 39.1 Å². The van der Waals surface area contributed by atoms with Crippen LogP contribution in [-0.2, 0) is 10.0 Å². The molecule has 0 saturated carbocycles. The number of aromatic nitrogens is 1. The Bertz CT molecular complexity index is 1270. The fourth-order valence-corrected chi connectivity index (χ4v) is 5.24. The largest absolute Gasteiger partial charge is 0.268 e. The van der Waals surface area contributed by atoms with Crippen molar-refractivity contribution in [2.24, 2.45) is 0 Å². The normalized spacial score (nSPS) is 12.5. The minimum absolute atomic E-state index is 0.302. The highest BCUT2D eigenvalue weighted by atomic mass is 32.2. The smallest absolute Gasteiger partial charge is 0.233 e. The number of benzene rings is 3. The van der Waals surface area contributed by atoms with Gasteiger partial charge >= 0.3 is 0 Å². The van der Waals surface area contributed by atoms with Gasteiger partial charge in [-0.2, -0.15) is 0 Å². The third kappa shape index (κ3) is 2.92. The van der Waals surface area contributed by atoms with E-state index in [-0.39, 0.29) is 0 Å². The third-order valence-electron chi connectivity index (χ3n) is 5.38. The van der Waals surface area contributed by atoms with Gasteiger partial charge in [-0.05, 0) is 53.3 Å². The zero-order valence-corrected chi connectivity index (χ0v) is 17.5. The van der Waals surface area contributed by atoms with Crippen LogP contribution in [0.2, 0.25) is 0 Å². The fraction of sp³-hybridized carbons (Fsp3) is 0.250. The molecule has 0 atom stereocenters. The maximum atomic E-state index is 13.6. The lowest BCUT2D eigenvalue weighted by molar-refractivity contribution is 0.590. The van der Waals surface area contributed by atoms with Crippen molar-refractivity contribution in [1.82, 2.24) is 3.97 Å². The van der Waals surface area contributed by atoms with E-state index in [1.807, 2.05) is 24.3 Å². The van der Waals surface area contributed by atoms with Gasteiger partial charge in [0.05, 0.1) is 15.9 Å². The summed E-state index contributed by atoms with van der Waals surface area (Å²) >= 11 is 0. The van der Waals surface area contributed by atoms with Crippen LogP contribution in [0, 0.1) is 0 Å². The fourth-order valence-electron chi connectivity index (χ4n) is 3.70. The van der Waals surface area contributed by atoms with Crippen LogP contribution in [0.25, 0.3) is 21.8 Å². The molecule has 0 fully saturated rings. The molecule has 0 spiro atoms. The quantitative estimate of drug-likeness (QED) is 0.411. The van der Waals surface area contributed by atoms with E-state index in [0.717, 1.165) is 27.4 Å². The Kier molecular flexibility index (Phi) is 4.54. The Balaban J connectivity index is 2.14. The summed E-state index contributed by atoms with van der Waals surface area (Å²) in [5.74, 6) is 0.699. The first-order valence-corrected chi connectivity index (χ1v) is 11.1. The second kappa shape index (κ2) is 6.78. The van der Waals surface area contributed by atoms with Crippen molar-refractivity contribution in [3.05, 3.63) is 77.9 Å². The van der Waals surface area contributed by atoms with Crippen molar-refractivity contribution in [3.8, 4) is 0 Å². The van der Waals surface area contributed by atoms with Gasteiger partial charge in [-0.15, -0.1) is 0 Å². The number of nitrogens with zero attached hydrogens (tertiary/aromatic N) is 1. The highest BCUT2D eigenvalue weighted by Gasteiger charge is 2.24. The molecule has 3 nitrogen and oxygen atoms in total. The Hall–Kier alpha value is -2.59. The molecule has 1 heterocycles. The number of hydrogen-bond acceptors (Lipinski definition) is 2. The second-order valence-corrected chi connectivity index (χ2v) is 9.73. The highest BCUT2D eigenvalue weighted by molar-refractivity contribution is 7.90. The monoisotopic (exact) mass is 391 g/mol. The van der Waals surface area contributed by atoms with Crippen LogP contribution >= 0.6 is 0 Å². The van der Waals surface area contributed by atoms with E-state index < -0.39 is 10.0 Å². The van der Waals surface area contributed by atoms with E-state index >= 15 is 0 Å². The molecule has 0 aliphatic heterocycles. The van der Waals surface area contributed by atoms with Crippen molar-refractivity contribution >= 4 is 31.8 Å². The van der Waals surface area contributed by atoms with Crippen LogP contribution in [0.4, 0.5) is 0 Å². The molecule has 144 valence electrons. The minimum atomic E-state index is -3.71. The van der Waals surface area contributed by atoms with Crippen molar-refractivity contribution in [2.75, 3.05) is 0 Å². The van der Waals surface area contributed by atoms with E-state index in [1.165, 1.54) is 9.54 Å². The van der Waals surface area contributed by atoms with Crippen LogP contribution < -0.4 is 0 Å². The third-order valence-corrected chi connectivity index (χ3v) is 7.13. The van der Waals surface area contributed by atoms with E-state index in [1.54, 1.807) is 24.3 Å². The summed E-state index contributed by atoms with van der Waals surface area (Å²) in [5, 5.41) is 1.96. The van der Waals surface area contributed by atoms with Gasteiger partial charge in [-0.25, -0.2) is 12.4 Å². The number of hydrogen-bond donors (Lipinski definition) is 0. The molecule has 0 aliphatic rings. The summed E-state index contributed by atoms with van der Waals surface area (Å²) in [6.07, 6.45) is 0. The second-order valence-electron chi connectivity index (χ2n) is 7.95. The zero-order chi connectivity index (χ0) is 20.1. The number of rotatable bonds is 4. The molecule has 0 unspecified atom stereocenters. The van der Waals surface area contributed by atoms with Gasteiger partial charge in [0.2, 0.25) is 0 Å². The lowest BCUT2D eigenvalue weighted by Gasteiger charge is -2.11. The SMILES string of the molecule is CC(C)c1ccc2c(c1)c1ccc(C(C)C)cc1n2S(=O)(=O)c1ccccc1. The number of fused-ring (bicyclic) bond motifs is 3. The van der Waals surface area contributed by atoms with Gasteiger partial charge < -0.3 is 0 Å². The molecule has 0 N–H and O–H groups in total. The minimum Gasteiger partial charge on any atom is -0.233 e. The van der Waals surface area contributed by atoms with Crippen LogP contribution in [0.15, 0.2) is 71.6 Å². The summed E-state index contributed by atoms with van der Waals surface area (Å²) in [4.78, 5) is 0.302. The summed E-state index contributed by atoms with van der Waals surface area (Å²) in [6, 6.07) is 21.0. The van der Waals surface area contributed by atoms with Crippen LogP contribution in [0.5, 0.6) is 0 Å². The van der Waals surface area contributed by atoms with Gasteiger partial charge in [0.25, 0.3) is 10.0 Å². The molecule has 4 aromatic rings. The Morgan fingerprint density at radius 2 is 1.29 bits per heavy atom. The first kappa shape index (κ1) is 18.8. The maximum absolute atomic E-state index is 13.6. The maximum Gasteiger partial charge on any atom is 0.268 e. The Morgan fingerprint density at radius 3 is 1.93 bits per heavy atom. The first-order chi connectivity index (χ1) is 13.3. The molecule has 0 aliphatic carbocycles. The molecule has 28 heavy (non-hydrogen) atoms. The molecule has 0 bridgehead atoms. The summed E-state index contributed by atoms with van der Waals surface area (Å²) in [7, 11) is -3.71. The zero-order valence-electron chi connectivity index (χ0n) is 16.7. The van der Waals surface area contributed by atoms with E-state index in [0.29, 0.717) is 16.7 Å². The molecule has 4 rings (SSSR count). The average molecular weight is 392 g/mol. The van der Waals surface area contributed by atoms with Crippen molar-refractivity contribution in [2.45, 2.75) is 44.4 Å². The van der Waals surface area contributed by atoms with Gasteiger partial charge in [-0.3, -0.25) is 0 Å². The van der Waals surface area contributed by atoms with Gasteiger partial charge in [-0.1, -0.05) is 64.1 Å². The molecule has 3 aromatic carbocycles. The lowest BCUT2D eigenvalue weighted by Crippen LogP contribution is -2.12. The van der Waals surface area contributed by atoms with Gasteiger partial charge in [0.1, 0.15) is 0 Å². The predicted octanol–water partition coefficient (Wildman–Crippen LogP) is 6.28. The lowest BCUT2D eigenvalue weighted by atomic mass is 9.99. The molecule has 0 amide bonds. The Morgan fingerprint density at radius 1 is 0.679 bits per heavy atom. The van der Waals surface area contributed by atoms with Crippen LogP contribution in [-0.4, -0.2) is 12.4 Å². The molecular formula is C24H25NO2S. The summed E-state index contributed by atoms with van der Waals surface area (Å²) < 4.78 is 28.7. The van der Waals surface area contributed by atoms with E-state index in [9.17, 15) is 8.42 Å². The highest BCUT2D eigenvalue weighted by Crippen LogP contribution is 2.35. The predicted molar refractivity (Wildman–Crippen MR) is 117 cm³/mol. The van der Waals surface area contributed by atoms with Crippen molar-refractivity contribution in [1.29, 1.82) is 0 Å². The van der Waals surface area contributed by atoms with Crippen molar-refractivity contribution in [3.63, 3.8) is 0 Å². The summed E-state index contributed by atoms with van der Waals surface area (Å²) in [6.45, 7) is 8.54. The van der Waals surface area contributed by atoms with Gasteiger partial charge in [0, 0.05) is 10.8 Å². The van der Waals surface area contributed by atoms with Crippen molar-refractivity contribution < 1.29 is 8.42 Å². The molecular weight excluding hydrogens is 366 g/mol. The van der Waals surface area contributed by atoms with E-state index in [4.69, 9.17) is 0 Å². The van der Waals surface area contributed by atoms with E-state index in [2.05, 4.69) is 45.9 Å². The first-order valence-electron chi connectivity index (χ1n) is 9.69. The van der Waals surface area contributed by atoms with Crippen LogP contribution in [0.3, 0.4) is 0 Å². The molecule has 0 saturated heterocycles.